The van der Waals surface area contributed by atoms with Gasteiger partial charge in [-0.25, -0.2) is 0 Å². The molecule has 1 aliphatic rings. The molecule has 0 saturated carbocycles. The second-order valence-corrected chi connectivity index (χ2v) is 7.50. The predicted octanol–water partition coefficient (Wildman–Crippen LogP) is 5.37. The summed E-state index contributed by atoms with van der Waals surface area (Å²) in [5.41, 5.74) is 2.77. The van der Waals surface area contributed by atoms with Crippen LogP contribution in [0.25, 0.3) is 0 Å². The van der Waals surface area contributed by atoms with E-state index in [0.29, 0.717) is 10.7 Å². The maximum absolute atomic E-state index is 5.76. The molecular weight excluding hydrogens is 320 g/mol. The van der Waals surface area contributed by atoms with Crippen LogP contribution in [0.15, 0.2) is 30.3 Å². The average molecular weight is 337 g/mol. The lowest BCUT2D eigenvalue weighted by Crippen LogP contribution is -2.17. The van der Waals surface area contributed by atoms with Gasteiger partial charge in [0.2, 0.25) is 0 Å². The molecule has 2 atom stereocenters. The van der Waals surface area contributed by atoms with Gasteiger partial charge in [0, 0.05) is 20.5 Å². The van der Waals surface area contributed by atoms with E-state index in [1.807, 2.05) is 17.4 Å². The number of halogens is 1. The summed E-state index contributed by atoms with van der Waals surface area (Å²) < 4.78 is 5.76. The molecule has 0 amide bonds. The minimum atomic E-state index is 0.377. The van der Waals surface area contributed by atoms with Crippen molar-refractivity contribution in [3.8, 4) is 5.75 Å². The van der Waals surface area contributed by atoms with Crippen LogP contribution in [0.2, 0.25) is 0 Å². The fourth-order valence-corrected chi connectivity index (χ4v) is 4.96. The second kappa shape index (κ2) is 5.29. The fourth-order valence-electron chi connectivity index (χ4n) is 2.81. The van der Waals surface area contributed by atoms with Gasteiger partial charge >= 0.3 is 0 Å². The van der Waals surface area contributed by atoms with E-state index >= 15 is 0 Å². The molecule has 19 heavy (non-hydrogen) atoms. The quantitative estimate of drug-likeness (QED) is 0.670. The molecule has 0 radical (unpaired) electrons. The Morgan fingerprint density at radius 3 is 2.84 bits per heavy atom. The summed E-state index contributed by atoms with van der Waals surface area (Å²) in [5, 5.41) is 0. The summed E-state index contributed by atoms with van der Waals surface area (Å²) in [6, 6.07) is 10.7. The van der Waals surface area contributed by atoms with E-state index in [-0.39, 0.29) is 0 Å². The van der Waals surface area contributed by atoms with Crippen LogP contribution in [0, 0.1) is 13.8 Å². The van der Waals surface area contributed by atoms with E-state index in [1.54, 1.807) is 0 Å². The normalized spacial score (nSPS) is 19.6. The zero-order valence-corrected chi connectivity index (χ0v) is 13.6. The summed E-state index contributed by atoms with van der Waals surface area (Å²) in [5.74, 6) is 1.55. The van der Waals surface area contributed by atoms with Crippen LogP contribution >= 0.6 is 27.3 Å². The Bertz CT molecular complexity index is 590. The number of ether oxygens (including phenoxy) is 1. The maximum atomic E-state index is 5.76. The van der Waals surface area contributed by atoms with Crippen LogP contribution in [0.4, 0.5) is 0 Å². The number of aryl methyl sites for hydroxylation is 2. The van der Waals surface area contributed by atoms with Gasteiger partial charge in [-0.3, -0.25) is 0 Å². The third-order valence-corrected chi connectivity index (χ3v) is 5.85. The number of hydrogen-bond donors (Lipinski definition) is 0. The first kappa shape index (κ1) is 13.2. The molecule has 2 heterocycles. The molecule has 1 aromatic carbocycles. The second-order valence-electron chi connectivity index (χ2n) is 5.05. The molecule has 1 aliphatic heterocycles. The monoisotopic (exact) mass is 336 g/mol. The van der Waals surface area contributed by atoms with Gasteiger partial charge in [0.1, 0.15) is 5.75 Å². The number of rotatable bonds is 2. The van der Waals surface area contributed by atoms with Gasteiger partial charge in [0.25, 0.3) is 0 Å². The first-order chi connectivity index (χ1) is 9.16. The number of fused-ring (bicyclic) bond motifs is 1. The van der Waals surface area contributed by atoms with Gasteiger partial charge < -0.3 is 4.74 Å². The molecule has 0 fully saturated rings. The van der Waals surface area contributed by atoms with Gasteiger partial charge in [-0.2, -0.15) is 0 Å². The molecule has 0 N–H and O–H groups in total. The van der Waals surface area contributed by atoms with Crippen LogP contribution in [0.5, 0.6) is 5.75 Å². The average Bonchev–Trinajstić information content (AvgIpc) is 2.76. The first-order valence-electron chi connectivity index (χ1n) is 6.59. The number of hydrogen-bond acceptors (Lipinski definition) is 2. The predicted molar refractivity (Wildman–Crippen MR) is 84.8 cm³/mol. The minimum absolute atomic E-state index is 0.377. The summed E-state index contributed by atoms with van der Waals surface area (Å²) in [7, 11) is 0. The Kier molecular flexibility index (Phi) is 3.68. The fraction of sp³-hybridized carbons (Fsp3) is 0.375. The summed E-state index contributed by atoms with van der Waals surface area (Å²) in [4.78, 5) is 3.18. The third-order valence-electron chi connectivity index (χ3n) is 3.73. The summed E-state index contributed by atoms with van der Waals surface area (Å²) >= 11 is 5.81. The van der Waals surface area contributed by atoms with Gasteiger partial charge in [-0.15, -0.1) is 11.3 Å². The van der Waals surface area contributed by atoms with Crippen LogP contribution < -0.4 is 4.74 Å². The Balaban J connectivity index is 1.97. The van der Waals surface area contributed by atoms with Crippen molar-refractivity contribution >= 4 is 27.3 Å². The van der Waals surface area contributed by atoms with Gasteiger partial charge in [-0.1, -0.05) is 34.1 Å². The Hall–Kier alpha value is -0.800. The van der Waals surface area contributed by atoms with Crippen molar-refractivity contribution in [1.29, 1.82) is 0 Å². The molecule has 0 aliphatic carbocycles. The zero-order chi connectivity index (χ0) is 13.4. The highest BCUT2D eigenvalue weighted by Gasteiger charge is 2.29. The SMILES string of the molecule is Cc1cc(C(Br)C2CCOc3ccccc32)c(C)s1. The summed E-state index contributed by atoms with van der Waals surface area (Å²) in [6.07, 6.45) is 1.07. The molecule has 1 aromatic heterocycles. The zero-order valence-electron chi connectivity index (χ0n) is 11.2. The highest BCUT2D eigenvalue weighted by molar-refractivity contribution is 9.09. The number of alkyl halides is 1. The lowest BCUT2D eigenvalue weighted by Gasteiger charge is -2.29. The molecule has 0 spiro atoms. The topological polar surface area (TPSA) is 9.23 Å². The van der Waals surface area contributed by atoms with Crippen molar-refractivity contribution in [2.45, 2.75) is 31.0 Å². The molecule has 100 valence electrons. The minimum Gasteiger partial charge on any atom is -0.493 e. The van der Waals surface area contributed by atoms with Crippen LogP contribution in [0.3, 0.4) is 0 Å². The molecule has 1 nitrogen and oxygen atoms in total. The molecule has 3 rings (SSSR count). The molecule has 0 saturated heterocycles. The highest BCUT2D eigenvalue weighted by Crippen LogP contribution is 2.47. The Morgan fingerprint density at radius 2 is 2.11 bits per heavy atom. The van der Waals surface area contributed by atoms with E-state index in [2.05, 4.69) is 54.0 Å². The van der Waals surface area contributed by atoms with E-state index < -0.39 is 0 Å². The van der Waals surface area contributed by atoms with E-state index in [1.165, 1.54) is 20.9 Å². The van der Waals surface area contributed by atoms with Crippen LogP contribution in [-0.4, -0.2) is 6.61 Å². The molecule has 2 unspecified atom stereocenters. The number of thiophene rings is 1. The lowest BCUT2D eigenvalue weighted by atomic mass is 9.87. The first-order valence-corrected chi connectivity index (χ1v) is 8.33. The molecule has 3 heteroatoms. The Labute approximate surface area is 126 Å². The van der Waals surface area contributed by atoms with E-state index in [0.717, 1.165) is 18.8 Å². The van der Waals surface area contributed by atoms with Crippen molar-refractivity contribution in [2.75, 3.05) is 6.61 Å². The van der Waals surface area contributed by atoms with Crippen molar-refractivity contribution in [3.63, 3.8) is 0 Å². The smallest absolute Gasteiger partial charge is 0.122 e. The van der Waals surface area contributed by atoms with Crippen molar-refractivity contribution < 1.29 is 4.74 Å². The van der Waals surface area contributed by atoms with Crippen LogP contribution in [0.1, 0.15) is 38.0 Å². The highest BCUT2D eigenvalue weighted by atomic mass is 79.9. The lowest BCUT2D eigenvalue weighted by molar-refractivity contribution is 0.266. The van der Waals surface area contributed by atoms with Gasteiger partial charge in [0.15, 0.2) is 0 Å². The molecular formula is C16H17BrOS. The van der Waals surface area contributed by atoms with E-state index in [4.69, 9.17) is 4.74 Å². The van der Waals surface area contributed by atoms with Crippen molar-refractivity contribution in [2.24, 2.45) is 0 Å². The number of benzene rings is 1. The Morgan fingerprint density at radius 1 is 1.32 bits per heavy atom. The molecule has 0 bridgehead atoms. The standard InChI is InChI=1S/C16H17BrOS/c1-10-9-14(11(2)19-10)16(17)13-7-8-18-15-6-4-3-5-12(13)15/h3-6,9,13,16H,7-8H2,1-2H3. The van der Waals surface area contributed by atoms with Gasteiger partial charge in [0.05, 0.1) is 6.61 Å². The van der Waals surface area contributed by atoms with Gasteiger partial charge in [-0.05, 0) is 43.5 Å². The third kappa shape index (κ3) is 2.46. The van der Waals surface area contributed by atoms with E-state index in [9.17, 15) is 0 Å². The maximum Gasteiger partial charge on any atom is 0.122 e. The van der Waals surface area contributed by atoms with Crippen molar-refractivity contribution in [3.05, 3.63) is 51.2 Å². The van der Waals surface area contributed by atoms with Crippen LogP contribution in [-0.2, 0) is 0 Å². The number of para-hydroxylation sites is 1. The summed E-state index contributed by atoms with van der Waals surface area (Å²) in [6.45, 7) is 5.21. The van der Waals surface area contributed by atoms with Crippen molar-refractivity contribution in [1.82, 2.24) is 0 Å². The molecule has 2 aromatic rings. The largest absolute Gasteiger partial charge is 0.493 e.